The number of ketones is 1. The number of hydrogen-bond donors (Lipinski definition) is 2. The Morgan fingerprint density at radius 3 is 2.63 bits per heavy atom. The molecule has 0 saturated carbocycles. The fourth-order valence-corrected chi connectivity index (χ4v) is 4.12. The third kappa shape index (κ3) is 5.17. The third-order valence-corrected chi connectivity index (χ3v) is 6.04. The predicted molar refractivity (Wildman–Crippen MR) is 113 cm³/mol. The molecule has 0 amide bonds. The highest BCUT2D eigenvalue weighted by atomic mass is 32.2. The van der Waals surface area contributed by atoms with Gasteiger partial charge in [0.2, 0.25) is 0 Å². The quantitative estimate of drug-likeness (QED) is 0.288. The fourth-order valence-electron chi connectivity index (χ4n) is 3.06. The van der Waals surface area contributed by atoms with Crippen molar-refractivity contribution in [2.45, 2.75) is 38.0 Å². The zero-order valence-corrected chi connectivity index (χ0v) is 17.7. The normalized spacial score (nSPS) is 12.0. The van der Waals surface area contributed by atoms with Gasteiger partial charge in [0.1, 0.15) is 17.3 Å². The molecular weight excluding hydrogens is 404 g/mol. The Hall–Kier alpha value is -2.91. The van der Waals surface area contributed by atoms with Crippen LogP contribution in [0.15, 0.2) is 41.3 Å². The molecule has 0 aliphatic rings. The molecule has 2 aromatic carbocycles. The number of nitrogens with one attached hydrogen (secondary N) is 1. The summed E-state index contributed by atoms with van der Waals surface area (Å²) in [5.74, 6) is 1.38. The number of aromatic hydroxyl groups is 1. The van der Waals surface area contributed by atoms with E-state index in [1.807, 2.05) is 19.1 Å². The van der Waals surface area contributed by atoms with Gasteiger partial charge >= 0.3 is 0 Å². The Morgan fingerprint density at radius 2 is 2.00 bits per heavy atom. The van der Waals surface area contributed by atoms with Gasteiger partial charge in [-0.3, -0.25) is 4.79 Å². The number of tetrazole rings is 1. The summed E-state index contributed by atoms with van der Waals surface area (Å²) in [7, 11) is 0. The molecule has 9 heteroatoms. The summed E-state index contributed by atoms with van der Waals surface area (Å²) in [5, 5.41) is 24.0. The Kier molecular flexibility index (Phi) is 7.42. The highest BCUT2D eigenvalue weighted by Gasteiger charge is 2.16. The standard InChI is InChI=1S/C21H24N4O4S/c1-3-5-18-19(11-10-17(14(2)26)20(18)27)29-12-4-13-30(28)16-8-6-15(7-9-16)21-22-24-25-23-21/h6-11,27H,3-5,12-13H2,1-2H3,(H,22,23,24,25). The highest BCUT2D eigenvalue weighted by Crippen LogP contribution is 2.33. The van der Waals surface area contributed by atoms with Crippen LogP contribution in [0, 0.1) is 0 Å². The molecule has 30 heavy (non-hydrogen) atoms. The Labute approximate surface area is 177 Å². The molecule has 0 bridgehead atoms. The molecular formula is C21H24N4O4S. The van der Waals surface area contributed by atoms with Gasteiger partial charge in [-0.2, -0.15) is 0 Å². The summed E-state index contributed by atoms with van der Waals surface area (Å²) in [6.45, 7) is 3.79. The number of rotatable bonds is 10. The van der Waals surface area contributed by atoms with Gasteiger partial charge in [-0.15, -0.1) is 5.10 Å². The number of carbonyl (C=O) groups excluding carboxylic acids is 1. The van der Waals surface area contributed by atoms with Gasteiger partial charge in [0.05, 0.1) is 12.2 Å². The van der Waals surface area contributed by atoms with Gasteiger partial charge in [-0.1, -0.05) is 13.3 Å². The largest absolute Gasteiger partial charge is 0.611 e. The second-order valence-corrected chi connectivity index (χ2v) is 8.34. The number of benzene rings is 2. The fraction of sp³-hybridized carbons (Fsp3) is 0.333. The number of nitrogens with zero attached hydrogens (tertiary/aromatic N) is 3. The summed E-state index contributed by atoms with van der Waals surface area (Å²) in [6, 6.07) is 10.5. The minimum absolute atomic E-state index is 0.00697. The molecule has 0 spiro atoms. The molecule has 2 N–H and O–H groups in total. The molecule has 158 valence electrons. The van der Waals surface area contributed by atoms with E-state index in [1.165, 1.54) is 6.92 Å². The Morgan fingerprint density at radius 1 is 1.23 bits per heavy atom. The molecule has 0 radical (unpaired) electrons. The van der Waals surface area contributed by atoms with Crippen LogP contribution in [0.1, 0.15) is 42.6 Å². The lowest BCUT2D eigenvalue weighted by Crippen LogP contribution is -2.11. The molecule has 0 saturated heterocycles. The summed E-state index contributed by atoms with van der Waals surface area (Å²) in [6.07, 6.45) is 2.01. The van der Waals surface area contributed by atoms with Gasteiger partial charge in [-0.05, 0) is 71.3 Å². The summed E-state index contributed by atoms with van der Waals surface area (Å²) < 4.78 is 18.4. The van der Waals surface area contributed by atoms with Gasteiger partial charge < -0.3 is 14.4 Å². The molecule has 0 aliphatic heterocycles. The van der Waals surface area contributed by atoms with E-state index in [-0.39, 0.29) is 11.5 Å². The first-order chi connectivity index (χ1) is 14.5. The monoisotopic (exact) mass is 428 g/mol. The summed E-state index contributed by atoms with van der Waals surface area (Å²) >= 11 is -1.16. The van der Waals surface area contributed by atoms with Gasteiger partial charge in [-0.25, -0.2) is 5.10 Å². The van der Waals surface area contributed by atoms with Crippen molar-refractivity contribution < 1.29 is 19.2 Å². The van der Waals surface area contributed by atoms with Gasteiger partial charge in [0.15, 0.2) is 16.5 Å². The van der Waals surface area contributed by atoms with E-state index < -0.39 is 11.2 Å². The number of phenols is 1. The molecule has 1 heterocycles. The molecule has 0 fully saturated rings. The molecule has 0 aliphatic carbocycles. The maximum Gasteiger partial charge on any atom is 0.179 e. The number of aromatic nitrogens is 4. The lowest BCUT2D eigenvalue weighted by atomic mass is 10.0. The zero-order chi connectivity index (χ0) is 21.5. The first kappa shape index (κ1) is 21.8. The van der Waals surface area contributed by atoms with E-state index in [1.54, 1.807) is 24.3 Å². The van der Waals surface area contributed by atoms with Crippen molar-refractivity contribution >= 4 is 17.0 Å². The van der Waals surface area contributed by atoms with Gasteiger partial charge in [0, 0.05) is 17.5 Å². The number of hydrogen-bond acceptors (Lipinski definition) is 7. The lowest BCUT2D eigenvalue weighted by molar-refractivity contribution is 0.101. The van der Waals surface area contributed by atoms with E-state index in [2.05, 4.69) is 20.6 Å². The topological polar surface area (TPSA) is 124 Å². The van der Waals surface area contributed by atoms with Crippen molar-refractivity contribution in [3.8, 4) is 22.9 Å². The Balaban J connectivity index is 1.55. The van der Waals surface area contributed by atoms with E-state index >= 15 is 0 Å². The summed E-state index contributed by atoms with van der Waals surface area (Å²) in [4.78, 5) is 12.4. The van der Waals surface area contributed by atoms with Crippen molar-refractivity contribution in [3.05, 3.63) is 47.5 Å². The molecule has 3 aromatic rings. The maximum atomic E-state index is 12.5. The minimum atomic E-state index is -1.16. The summed E-state index contributed by atoms with van der Waals surface area (Å²) in [5.41, 5.74) is 1.77. The van der Waals surface area contributed by atoms with E-state index in [0.29, 0.717) is 47.9 Å². The lowest BCUT2D eigenvalue weighted by Gasteiger charge is -2.15. The van der Waals surface area contributed by atoms with Crippen LogP contribution in [0.3, 0.4) is 0 Å². The van der Waals surface area contributed by atoms with Crippen LogP contribution in [-0.2, 0) is 17.6 Å². The number of H-pyrrole nitrogens is 1. The van der Waals surface area contributed by atoms with Crippen LogP contribution in [0.5, 0.6) is 11.5 Å². The van der Waals surface area contributed by atoms with Gasteiger partial charge in [0.25, 0.3) is 0 Å². The molecule has 1 unspecified atom stereocenters. The van der Waals surface area contributed by atoms with Crippen LogP contribution in [0.25, 0.3) is 11.4 Å². The van der Waals surface area contributed by atoms with E-state index in [0.717, 1.165) is 16.9 Å². The smallest absolute Gasteiger partial charge is 0.179 e. The average molecular weight is 429 g/mol. The SMILES string of the molecule is CCCc1c(OCCC[S+]([O-])c2ccc(-c3nnn[nH]3)cc2)ccc(C(C)=O)c1O. The first-order valence-corrected chi connectivity index (χ1v) is 11.0. The van der Waals surface area contributed by atoms with Crippen LogP contribution < -0.4 is 4.74 Å². The first-order valence-electron chi connectivity index (χ1n) is 9.72. The average Bonchev–Trinajstić information content (AvgIpc) is 3.28. The van der Waals surface area contributed by atoms with Crippen molar-refractivity contribution in [1.82, 2.24) is 20.6 Å². The van der Waals surface area contributed by atoms with Crippen LogP contribution >= 0.6 is 0 Å². The van der Waals surface area contributed by atoms with Crippen LogP contribution in [-0.4, -0.2) is 48.4 Å². The van der Waals surface area contributed by atoms with Crippen molar-refractivity contribution in [2.75, 3.05) is 12.4 Å². The number of ether oxygens (including phenoxy) is 1. The Bertz CT molecular complexity index is 977. The van der Waals surface area contributed by atoms with Crippen molar-refractivity contribution in [1.29, 1.82) is 0 Å². The zero-order valence-electron chi connectivity index (χ0n) is 16.9. The number of carbonyl (C=O) groups is 1. The second-order valence-electron chi connectivity index (χ2n) is 6.77. The minimum Gasteiger partial charge on any atom is -0.611 e. The molecule has 1 atom stereocenters. The molecule has 8 nitrogen and oxygen atoms in total. The molecule has 1 aromatic heterocycles. The van der Waals surface area contributed by atoms with Crippen LogP contribution in [0.4, 0.5) is 0 Å². The number of aromatic amines is 1. The molecule has 3 rings (SSSR count). The number of phenolic OH excluding ortho intramolecular Hbond substituents is 1. The van der Waals surface area contributed by atoms with E-state index in [9.17, 15) is 14.5 Å². The van der Waals surface area contributed by atoms with Crippen molar-refractivity contribution in [3.63, 3.8) is 0 Å². The van der Waals surface area contributed by atoms with Crippen molar-refractivity contribution in [2.24, 2.45) is 0 Å². The maximum absolute atomic E-state index is 12.5. The second kappa shape index (κ2) is 10.2. The number of Topliss-reactive ketones (excluding diaryl/α,β-unsaturated/α-hetero) is 1. The predicted octanol–water partition coefficient (Wildman–Crippen LogP) is 3.30. The van der Waals surface area contributed by atoms with Crippen LogP contribution in [0.2, 0.25) is 0 Å². The van der Waals surface area contributed by atoms with E-state index in [4.69, 9.17) is 4.74 Å². The third-order valence-electron chi connectivity index (χ3n) is 4.59. The highest BCUT2D eigenvalue weighted by molar-refractivity contribution is 7.91.